The van der Waals surface area contributed by atoms with E-state index in [1.807, 2.05) is 18.2 Å². The minimum atomic E-state index is -1.05. The van der Waals surface area contributed by atoms with Crippen LogP contribution in [0.1, 0.15) is 12.0 Å². The zero-order valence-electron chi connectivity index (χ0n) is 12.1. The number of amides is 1. The molecule has 0 bridgehead atoms. The molecule has 0 spiro atoms. The highest BCUT2D eigenvalue weighted by atomic mass is 16.6. The number of rotatable bonds is 4. The molecule has 2 atom stereocenters. The van der Waals surface area contributed by atoms with E-state index in [0.29, 0.717) is 0 Å². The molecular formula is C15H17NO6. The molecule has 2 rings (SSSR count). The van der Waals surface area contributed by atoms with Crippen LogP contribution in [0.2, 0.25) is 0 Å². The third-order valence-electron chi connectivity index (χ3n) is 3.56. The normalized spacial score (nSPS) is 20.5. The molecule has 0 radical (unpaired) electrons. The summed E-state index contributed by atoms with van der Waals surface area (Å²) in [6, 6.07) is 8.16. The van der Waals surface area contributed by atoms with E-state index < -0.39 is 30.0 Å². The van der Waals surface area contributed by atoms with Crippen LogP contribution >= 0.6 is 0 Å². The van der Waals surface area contributed by atoms with Crippen LogP contribution < -0.4 is 0 Å². The summed E-state index contributed by atoms with van der Waals surface area (Å²) in [5, 5.41) is 9.06. The Kier molecular flexibility index (Phi) is 4.98. The molecule has 1 aliphatic heterocycles. The summed E-state index contributed by atoms with van der Waals surface area (Å²) >= 11 is 0. The second kappa shape index (κ2) is 6.93. The Labute approximate surface area is 127 Å². The Morgan fingerprint density at radius 1 is 1.27 bits per heavy atom. The van der Waals surface area contributed by atoms with Crippen molar-refractivity contribution in [2.75, 3.05) is 13.7 Å². The smallest absolute Gasteiger partial charge is 0.410 e. The number of carbonyl (C=O) groups excluding carboxylic acids is 2. The first kappa shape index (κ1) is 15.8. The van der Waals surface area contributed by atoms with Crippen molar-refractivity contribution in [2.24, 2.45) is 5.92 Å². The van der Waals surface area contributed by atoms with Crippen LogP contribution in [0.3, 0.4) is 0 Å². The molecule has 0 aliphatic carbocycles. The molecule has 1 amide bonds. The third kappa shape index (κ3) is 3.55. The minimum absolute atomic E-state index is 0.0302. The molecule has 7 heteroatoms. The monoisotopic (exact) mass is 307 g/mol. The number of methoxy groups -OCH3 is 1. The van der Waals surface area contributed by atoms with E-state index in [4.69, 9.17) is 9.84 Å². The zero-order chi connectivity index (χ0) is 16.1. The van der Waals surface area contributed by atoms with Crippen molar-refractivity contribution in [2.45, 2.75) is 19.1 Å². The van der Waals surface area contributed by atoms with Crippen molar-refractivity contribution in [3.63, 3.8) is 0 Å². The fourth-order valence-corrected chi connectivity index (χ4v) is 2.38. The molecule has 0 saturated carbocycles. The number of nitrogens with zero attached hydrogens (tertiary/aromatic N) is 1. The molecule has 1 aliphatic rings. The molecule has 22 heavy (non-hydrogen) atoms. The van der Waals surface area contributed by atoms with E-state index in [9.17, 15) is 14.4 Å². The van der Waals surface area contributed by atoms with Crippen LogP contribution in [0.5, 0.6) is 0 Å². The Bertz CT molecular complexity index is 558. The van der Waals surface area contributed by atoms with Crippen molar-refractivity contribution in [1.29, 1.82) is 0 Å². The Hall–Kier alpha value is -2.57. The summed E-state index contributed by atoms with van der Waals surface area (Å²) < 4.78 is 9.78. The maximum atomic E-state index is 12.1. The van der Waals surface area contributed by atoms with Gasteiger partial charge in [0.15, 0.2) is 0 Å². The predicted octanol–water partition coefficient (Wildman–Crippen LogP) is 1.27. The maximum absolute atomic E-state index is 12.1. The van der Waals surface area contributed by atoms with Gasteiger partial charge in [0.1, 0.15) is 12.6 Å². The van der Waals surface area contributed by atoms with Gasteiger partial charge in [0.2, 0.25) is 0 Å². The topological polar surface area (TPSA) is 93.1 Å². The molecule has 1 heterocycles. The first-order chi connectivity index (χ1) is 10.5. The van der Waals surface area contributed by atoms with Gasteiger partial charge in [-0.05, 0) is 12.0 Å². The summed E-state index contributed by atoms with van der Waals surface area (Å²) in [6.45, 7) is -0.00940. The lowest BCUT2D eigenvalue weighted by Gasteiger charge is -2.21. The fraction of sp³-hybridized carbons (Fsp3) is 0.400. The summed E-state index contributed by atoms with van der Waals surface area (Å²) in [4.78, 5) is 36.0. The number of carboxylic acid groups (broad SMARTS) is 1. The number of carboxylic acids is 1. The van der Waals surface area contributed by atoms with Gasteiger partial charge in [0.25, 0.3) is 0 Å². The van der Waals surface area contributed by atoms with E-state index in [-0.39, 0.29) is 19.6 Å². The second-order valence-corrected chi connectivity index (χ2v) is 5.00. The molecule has 0 aromatic heterocycles. The van der Waals surface area contributed by atoms with Gasteiger partial charge in [-0.3, -0.25) is 9.69 Å². The minimum Gasteiger partial charge on any atom is -0.481 e. The number of ether oxygens (including phenoxy) is 2. The lowest BCUT2D eigenvalue weighted by atomic mass is 10.1. The highest BCUT2D eigenvalue weighted by molar-refractivity contribution is 5.84. The van der Waals surface area contributed by atoms with Gasteiger partial charge in [-0.25, -0.2) is 9.59 Å². The Morgan fingerprint density at radius 3 is 2.55 bits per heavy atom. The lowest BCUT2D eigenvalue weighted by Crippen LogP contribution is -2.41. The number of esters is 1. The molecule has 1 saturated heterocycles. The maximum Gasteiger partial charge on any atom is 0.410 e. The van der Waals surface area contributed by atoms with Gasteiger partial charge >= 0.3 is 18.0 Å². The average Bonchev–Trinajstić information content (AvgIpc) is 2.98. The molecule has 1 aromatic carbocycles. The van der Waals surface area contributed by atoms with Crippen molar-refractivity contribution in [1.82, 2.24) is 4.90 Å². The van der Waals surface area contributed by atoms with E-state index in [1.54, 1.807) is 12.1 Å². The molecule has 1 aromatic rings. The molecular weight excluding hydrogens is 290 g/mol. The average molecular weight is 307 g/mol. The highest BCUT2D eigenvalue weighted by Gasteiger charge is 2.43. The van der Waals surface area contributed by atoms with Crippen molar-refractivity contribution in [3.05, 3.63) is 35.9 Å². The van der Waals surface area contributed by atoms with E-state index in [2.05, 4.69) is 4.74 Å². The first-order valence-corrected chi connectivity index (χ1v) is 6.81. The standard InChI is InChI=1S/C15H17NO6/c1-21-14(19)12-7-11(13(17)18)8-16(12)15(20)22-9-10-5-3-2-4-6-10/h2-6,11-12H,7-9H2,1H3,(H,17,18). The van der Waals surface area contributed by atoms with Crippen molar-refractivity contribution in [3.8, 4) is 0 Å². The number of hydrogen-bond acceptors (Lipinski definition) is 5. The van der Waals surface area contributed by atoms with Crippen molar-refractivity contribution >= 4 is 18.0 Å². The van der Waals surface area contributed by atoms with Gasteiger partial charge < -0.3 is 14.6 Å². The second-order valence-electron chi connectivity index (χ2n) is 5.00. The third-order valence-corrected chi connectivity index (χ3v) is 3.56. The number of carbonyl (C=O) groups is 3. The van der Waals surface area contributed by atoms with Crippen LogP contribution in [0.25, 0.3) is 0 Å². The van der Waals surface area contributed by atoms with Crippen LogP contribution in [0, 0.1) is 5.92 Å². The number of aliphatic carboxylic acids is 1. The number of likely N-dealkylation sites (tertiary alicyclic amines) is 1. The summed E-state index contributed by atoms with van der Waals surface area (Å²) in [7, 11) is 1.20. The largest absolute Gasteiger partial charge is 0.481 e. The Balaban J connectivity index is 2.02. The summed E-state index contributed by atoms with van der Waals surface area (Å²) in [5.74, 6) is -2.49. The SMILES string of the molecule is COC(=O)C1CC(C(=O)O)CN1C(=O)OCc1ccccc1. The van der Waals surface area contributed by atoms with Crippen LogP contribution in [0.4, 0.5) is 4.79 Å². The van der Waals surface area contributed by atoms with Crippen molar-refractivity contribution < 1.29 is 29.0 Å². The Morgan fingerprint density at radius 2 is 1.95 bits per heavy atom. The number of hydrogen-bond donors (Lipinski definition) is 1. The quantitative estimate of drug-likeness (QED) is 0.842. The fourth-order valence-electron chi connectivity index (χ4n) is 2.38. The van der Waals surface area contributed by atoms with Crippen LogP contribution in [-0.2, 0) is 25.7 Å². The van der Waals surface area contributed by atoms with E-state index in [1.165, 1.54) is 7.11 Å². The molecule has 1 fully saturated rings. The molecule has 2 unspecified atom stereocenters. The van der Waals surface area contributed by atoms with Gasteiger partial charge in [-0.15, -0.1) is 0 Å². The lowest BCUT2D eigenvalue weighted by molar-refractivity contribution is -0.145. The van der Waals surface area contributed by atoms with Crippen LogP contribution in [-0.4, -0.2) is 47.7 Å². The number of benzene rings is 1. The van der Waals surface area contributed by atoms with Gasteiger partial charge in [0, 0.05) is 6.54 Å². The highest BCUT2D eigenvalue weighted by Crippen LogP contribution is 2.25. The first-order valence-electron chi connectivity index (χ1n) is 6.81. The molecule has 7 nitrogen and oxygen atoms in total. The zero-order valence-corrected chi connectivity index (χ0v) is 12.1. The molecule has 1 N–H and O–H groups in total. The van der Waals surface area contributed by atoms with Crippen LogP contribution in [0.15, 0.2) is 30.3 Å². The summed E-state index contributed by atoms with van der Waals surface area (Å²) in [6.07, 6.45) is -0.689. The van der Waals surface area contributed by atoms with E-state index in [0.717, 1.165) is 10.5 Å². The predicted molar refractivity (Wildman–Crippen MR) is 74.9 cm³/mol. The van der Waals surface area contributed by atoms with E-state index >= 15 is 0 Å². The van der Waals surface area contributed by atoms with Gasteiger partial charge in [-0.1, -0.05) is 30.3 Å². The summed E-state index contributed by atoms with van der Waals surface area (Å²) in [5.41, 5.74) is 0.805. The molecule has 118 valence electrons. The van der Waals surface area contributed by atoms with Gasteiger partial charge in [-0.2, -0.15) is 0 Å². The van der Waals surface area contributed by atoms with Gasteiger partial charge in [0.05, 0.1) is 13.0 Å².